The van der Waals surface area contributed by atoms with Gasteiger partial charge < -0.3 is 10.6 Å². The van der Waals surface area contributed by atoms with Gasteiger partial charge in [-0.1, -0.05) is 6.92 Å². The molecule has 1 rings (SSSR count). The largest absolute Gasteiger partial charge is 0.354 e. The fourth-order valence-electron chi connectivity index (χ4n) is 1.26. The van der Waals surface area contributed by atoms with Gasteiger partial charge in [0.15, 0.2) is 0 Å². The first-order chi connectivity index (χ1) is 6.76. The molecule has 0 aromatic carbocycles. The summed E-state index contributed by atoms with van der Waals surface area (Å²) in [6, 6.07) is 0.0918. The number of aliphatic imine (C=N–C) groups is 1. The molecular weight excluding hydrogens is 182 g/mol. The van der Waals surface area contributed by atoms with Crippen molar-refractivity contribution in [2.24, 2.45) is 10.8 Å². The predicted molar refractivity (Wildman–Crippen MR) is 54.5 cm³/mol. The van der Waals surface area contributed by atoms with E-state index in [2.05, 4.69) is 21.1 Å². The van der Waals surface area contributed by atoms with Crippen molar-refractivity contribution in [1.82, 2.24) is 16.1 Å². The molecular formula is C8H17N5O. The molecule has 1 unspecified atom stereocenters. The highest BCUT2D eigenvalue weighted by atomic mass is 16.1. The lowest BCUT2D eigenvalue weighted by Crippen LogP contribution is -2.47. The van der Waals surface area contributed by atoms with E-state index in [0.29, 0.717) is 18.9 Å². The van der Waals surface area contributed by atoms with Gasteiger partial charge >= 0.3 is 0 Å². The van der Waals surface area contributed by atoms with Crippen LogP contribution in [-0.2, 0) is 4.79 Å². The van der Waals surface area contributed by atoms with E-state index < -0.39 is 0 Å². The van der Waals surface area contributed by atoms with Crippen molar-refractivity contribution in [1.29, 1.82) is 0 Å². The van der Waals surface area contributed by atoms with E-state index in [0.717, 1.165) is 13.0 Å². The first-order valence-corrected chi connectivity index (χ1v) is 4.80. The van der Waals surface area contributed by atoms with E-state index in [9.17, 15) is 4.79 Å². The highest BCUT2D eigenvalue weighted by Crippen LogP contribution is 1.98. The average molecular weight is 199 g/mol. The summed E-state index contributed by atoms with van der Waals surface area (Å²) in [5.74, 6) is 5.89. The fraction of sp³-hybridized carbons (Fsp3) is 0.750. The lowest BCUT2D eigenvalue weighted by molar-refractivity contribution is -0.119. The standard InChI is InChI=1S/C8H17N5O/c1-2-3-10-8(13-9)12-6-4-7(14)11-5-6/h6H,2-5,9H2,1H3,(H,11,14)(H2,10,12,13). The SMILES string of the molecule is CCCN=C(NN)NC1CNC(=O)C1. The van der Waals surface area contributed by atoms with Crippen molar-refractivity contribution in [3.05, 3.63) is 0 Å². The minimum atomic E-state index is 0.0642. The van der Waals surface area contributed by atoms with Crippen molar-refractivity contribution >= 4 is 11.9 Å². The lowest BCUT2D eigenvalue weighted by atomic mass is 10.2. The maximum Gasteiger partial charge on any atom is 0.222 e. The van der Waals surface area contributed by atoms with Crippen LogP contribution < -0.4 is 21.9 Å². The summed E-state index contributed by atoms with van der Waals surface area (Å²) in [6.07, 6.45) is 1.45. The Morgan fingerprint density at radius 3 is 3.07 bits per heavy atom. The molecule has 1 aliphatic rings. The number of carbonyl (C=O) groups excluding carboxylic acids is 1. The molecule has 0 radical (unpaired) electrons. The van der Waals surface area contributed by atoms with Gasteiger partial charge in [0, 0.05) is 19.5 Å². The van der Waals surface area contributed by atoms with Crippen LogP contribution in [0.1, 0.15) is 19.8 Å². The zero-order valence-electron chi connectivity index (χ0n) is 8.34. The number of hydrogen-bond donors (Lipinski definition) is 4. The van der Waals surface area contributed by atoms with Gasteiger partial charge in [-0.2, -0.15) is 0 Å². The van der Waals surface area contributed by atoms with Gasteiger partial charge in [0.2, 0.25) is 11.9 Å². The third kappa shape index (κ3) is 3.21. The van der Waals surface area contributed by atoms with Crippen LogP contribution in [0.15, 0.2) is 4.99 Å². The summed E-state index contributed by atoms with van der Waals surface area (Å²) in [7, 11) is 0. The third-order valence-electron chi connectivity index (χ3n) is 1.95. The molecule has 1 atom stereocenters. The summed E-state index contributed by atoms with van der Waals surface area (Å²) < 4.78 is 0. The molecule has 5 N–H and O–H groups in total. The van der Waals surface area contributed by atoms with Gasteiger partial charge in [0.05, 0.1) is 6.04 Å². The van der Waals surface area contributed by atoms with E-state index in [1.54, 1.807) is 0 Å². The van der Waals surface area contributed by atoms with Gasteiger partial charge in [0.1, 0.15) is 0 Å². The maximum atomic E-state index is 10.9. The Morgan fingerprint density at radius 2 is 2.57 bits per heavy atom. The Balaban J connectivity index is 2.36. The number of hydrazine groups is 1. The zero-order chi connectivity index (χ0) is 10.4. The van der Waals surface area contributed by atoms with Crippen LogP contribution in [0.4, 0.5) is 0 Å². The Hall–Kier alpha value is -1.30. The number of amides is 1. The van der Waals surface area contributed by atoms with Crippen LogP contribution in [0.3, 0.4) is 0 Å². The normalized spacial score (nSPS) is 22.0. The molecule has 0 bridgehead atoms. The van der Waals surface area contributed by atoms with E-state index in [4.69, 9.17) is 5.84 Å². The summed E-state index contributed by atoms with van der Waals surface area (Å²) in [4.78, 5) is 15.1. The molecule has 14 heavy (non-hydrogen) atoms. The number of rotatable bonds is 3. The number of hydrogen-bond acceptors (Lipinski definition) is 3. The number of nitrogens with two attached hydrogens (primary N) is 1. The highest BCUT2D eigenvalue weighted by molar-refractivity contribution is 5.83. The Morgan fingerprint density at radius 1 is 1.79 bits per heavy atom. The summed E-state index contributed by atoms with van der Waals surface area (Å²) in [5.41, 5.74) is 2.48. The predicted octanol–water partition coefficient (Wildman–Crippen LogP) is -1.31. The highest BCUT2D eigenvalue weighted by Gasteiger charge is 2.21. The minimum Gasteiger partial charge on any atom is -0.354 e. The van der Waals surface area contributed by atoms with Crippen molar-refractivity contribution in [3.8, 4) is 0 Å². The number of carbonyl (C=O) groups is 1. The van der Waals surface area contributed by atoms with Gasteiger partial charge in [0.25, 0.3) is 0 Å². The van der Waals surface area contributed by atoms with Gasteiger partial charge in [-0.05, 0) is 6.42 Å². The molecule has 0 aromatic heterocycles. The van der Waals surface area contributed by atoms with Gasteiger partial charge in [-0.25, -0.2) is 5.84 Å². The van der Waals surface area contributed by atoms with Crippen molar-refractivity contribution < 1.29 is 4.79 Å². The van der Waals surface area contributed by atoms with E-state index in [1.807, 2.05) is 6.92 Å². The van der Waals surface area contributed by atoms with Gasteiger partial charge in [-0.15, -0.1) is 0 Å². The Labute approximate surface area is 83.3 Å². The third-order valence-corrected chi connectivity index (χ3v) is 1.95. The van der Waals surface area contributed by atoms with Crippen LogP contribution in [0.5, 0.6) is 0 Å². The second-order valence-electron chi connectivity index (χ2n) is 3.22. The molecule has 0 spiro atoms. The molecule has 1 amide bonds. The van der Waals surface area contributed by atoms with E-state index in [1.165, 1.54) is 0 Å². The Bertz CT molecular complexity index is 228. The molecule has 6 heteroatoms. The molecule has 1 aliphatic heterocycles. The molecule has 1 fully saturated rings. The van der Waals surface area contributed by atoms with Gasteiger partial charge in [-0.3, -0.25) is 15.2 Å². The smallest absolute Gasteiger partial charge is 0.222 e. The molecule has 0 saturated carbocycles. The molecule has 0 aromatic rings. The van der Waals surface area contributed by atoms with Crippen LogP contribution in [-0.4, -0.2) is 31.0 Å². The first-order valence-electron chi connectivity index (χ1n) is 4.80. The van der Waals surface area contributed by atoms with Crippen LogP contribution >= 0.6 is 0 Å². The second-order valence-corrected chi connectivity index (χ2v) is 3.22. The van der Waals surface area contributed by atoms with Crippen LogP contribution in [0.25, 0.3) is 0 Å². The number of nitrogens with zero attached hydrogens (tertiary/aromatic N) is 1. The monoisotopic (exact) mass is 199 g/mol. The van der Waals surface area contributed by atoms with Crippen molar-refractivity contribution in [2.45, 2.75) is 25.8 Å². The van der Waals surface area contributed by atoms with Crippen molar-refractivity contribution in [2.75, 3.05) is 13.1 Å². The second kappa shape index (κ2) is 5.43. The molecule has 6 nitrogen and oxygen atoms in total. The summed E-state index contributed by atoms with van der Waals surface area (Å²) >= 11 is 0. The Kier molecular flexibility index (Phi) is 4.18. The fourth-order valence-corrected chi connectivity index (χ4v) is 1.26. The summed E-state index contributed by atoms with van der Waals surface area (Å²) in [5, 5.41) is 5.79. The minimum absolute atomic E-state index is 0.0642. The maximum absolute atomic E-state index is 10.9. The van der Waals surface area contributed by atoms with Crippen LogP contribution in [0.2, 0.25) is 0 Å². The molecule has 80 valence electrons. The number of nitrogens with one attached hydrogen (secondary N) is 3. The van der Waals surface area contributed by atoms with Crippen molar-refractivity contribution in [3.63, 3.8) is 0 Å². The van der Waals surface area contributed by atoms with E-state index in [-0.39, 0.29) is 11.9 Å². The van der Waals surface area contributed by atoms with E-state index >= 15 is 0 Å². The quantitative estimate of drug-likeness (QED) is 0.197. The first kappa shape index (κ1) is 10.8. The summed E-state index contributed by atoms with van der Waals surface area (Å²) in [6.45, 7) is 3.39. The molecule has 1 saturated heterocycles. The molecule has 1 heterocycles. The van der Waals surface area contributed by atoms with Crippen LogP contribution in [0, 0.1) is 0 Å². The number of guanidine groups is 1. The average Bonchev–Trinajstić information content (AvgIpc) is 2.58. The topological polar surface area (TPSA) is 91.5 Å². The zero-order valence-corrected chi connectivity index (χ0v) is 8.34. The lowest BCUT2D eigenvalue weighted by Gasteiger charge is -2.13. The molecule has 0 aliphatic carbocycles.